The average molecular weight is 252 g/mol. The second kappa shape index (κ2) is 5.60. The summed E-state index contributed by atoms with van der Waals surface area (Å²) < 4.78 is 0. The first-order valence-electron chi connectivity index (χ1n) is 7.59. The molecule has 0 radical (unpaired) electrons. The highest BCUT2D eigenvalue weighted by atomic mass is 16.2. The van der Waals surface area contributed by atoms with Crippen molar-refractivity contribution in [3.63, 3.8) is 0 Å². The van der Waals surface area contributed by atoms with Crippen LogP contribution >= 0.6 is 0 Å². The van der Waals surface area contributed by atoms with Gasteiger partial charge in [-0.25, -0.2) is 0 Å². The van der Waals surface area contributed by atoms with Crippen LogP contribution in [0, 0.1) is 11.3 Å². The molecule has 1 amide bonds. The van der Waals surface area contributed by atoms with Gasteiger partial charge in [0.1, 0.15) is 0 Å². The molecule has 1 aliphatic carbocycles. The average Bonchev–Trinajstić information content (AvgIpc) is 2.87. The van der Waals surface area contributed by atoms with Crippen LogP contribution in [0.3, 0.4) is 0 Å². The zero-order chi connectivity index (χ0) is 13.2. The van der Waals surface area contributed by atoms with Crippen LogP contribution in [0.15, 0.2) is 0 Å². The van der Waals surface area contributed by atoms with Gasteiger partial charge in [0.25, 0.3) is 0 Å². The van der Waals surface area contributed by atoms with E-state index in [0.717, 1.165) is 38.8 Å². The number of likely N-dealkylation sites (tertiary alicyclic amines) is 1. The second-order valence-electron chi connectivity index (χ2n) is 6.25. The molecule has 0 spiro atoms. The molecule has 18 heavy (non-hydrogen) atoms. The molecule has 0 bridgehead atoms. The number of piperidine rings is 1. The fourth-order valence-corrected chi connectivity index (χ4v) is 3.86. The molecule has 2 rings (SSSR count). The number of nitrogens with one attached hydrogen (secondary N) is 1. The lowest BCUT2D eigenvalue weighted by molar-refractivity contribution is -0.144. The Balaban J connectivity index is 2.01. The Kier molecular flexibility index (Phi) is 4.31. The van der Waals surface area contributed by atoms with Gasteiger partial charge >= 0.3 is 0 Å². The third-order valence-corrected chi connectivity index (χ3v) is 5.25. The highest BCUT2D eigenvalue weighted by Crippen LogP contribution is 2.43. The smallest absolute Gasteiger partial charge is 0.228 e. The van der Waals surface area contributed by atoms with Crippen molar-refractivity contribution in [2.45, 2.75) is 58.4 Å². The molecule has 1 saturated carbocycles. The van der Waals surface area contributed by atoms with Crippen LogP contribution in [0.25, 0.3) is 0 Å². The van der Waals surface area contributed by atoms with Gasteiger partial charge in [0.05, 0.1) is 0 Å². The Labute approximate surface area is 111 Å². The number of amides is 1. The maximum atomic E-state index is 12.8. The van der Waals surface area contributed by atoms with Crippen molar-refractivity contribution in [2.24, 2.45) is 11.3 Å². The minimum Gasteiger partial charge on any atom is -0.342 e. The van der Waals surface area contributed by atoms with Crippen LogP contribution in [-0.4, -0.2) is 37.0 Å². The number of hydrogen-bond donors (Lipinski definition) is 1. The molecule has 0 aromatic carbocycles. The van der Waals surface area contributed by atoms with Crippen LogP contribution < -0.4 is 5.32 Å². The maximum absolute atomic E-state index is 12.8. The van der Waals surface area contributed by atoms with Gasteiger partial charge in [-0.1, -0.05) is 26.7 Å². The van der Waals surface area contributed by atoms with Crippen molar-refractivity contribution in [2.75, 3.05) is 20.1 Å². The molecule has 2 aliphatic rings. The highest BCUT2D eigenvalue weighted by Gasteiger charge is 2.43. The summed E-state index contributed by atoms with van der Waals surface area (Å²) in [6, 6.07) is 0.579. The zero-order valence-corrected chi connectivity index (χ0v) is 12.2. The first-order chi connectivity index (χ1) is 8.63. The van der Waals surface area contributed by atoms with Gasteiger partial charge < -0.3 is 10.2 Å². The third kappa shape index (κ3) is 2.42. The summed E-state index contributed by atoms with van der Waals surface area (Å²) in [5.74, 6) is 1.02. The number of rotatable bonds is 3. The molecule has 1 aliphatic heterocycles. The summed E-state index contributed by atoms with van der Waals surface area (Å²) in [5, 5.41) is 3.37. The van der Waals surface area contributed by atoms with E-state index in [1.165, 1.54) is 12.8 Å². The second-order valence-corrected chi connectivity index (χ2v) is 6.25. The zero-order valence-electron chi connectivity index (χ0n) is 12.2. The molecule has 1 saturated heterocycles. The van der Waals surface area contributed by atoms with E-state index in [9.17, 15) is 4.79 Å². The summed E-state index contributed by atoms with van der Waals surface area (Å²) in [4.78, 5) is 14.9. The molecule has 0 aromatic rings. The van der Waals surface area contributed by atoms with E-state index < -0.39 is 0 Å². The number of carbonyl (C=O) groups is 1. The Morgan fingerprint density at radius 1 is 1.39 bits per heavy atom. The highest BCUT2D eigenvalue weighted by molar-refractivity contribution is 5.83. The maximum Gasteiger partial charge on any atom is 0.228 e. The Bertz CT molecular complexity index is 297. The molecule has 104 valence electrons. The topological polar surface area (TPSA) is 32.3 Å². The van der Waals surface area contributed by atoms with E-state index >= 15 is 0 Å². The van der Waals surface area contributed by atoms with Crippen LogP contribution in [-0.2, 0) is 4.79 Å². The van der Waals surface area contributed by atoms with Gasteiger partial charge in [-0.3, -0.25) is 4.79 Å². The summed E-state index contributed by atoms with van der Waals surface area (Å²) in [7, 11) is 2.03. The molecular formula is C15H28N2O. The summed E-state index contributed by atoms with van der Waals surface area (Å²) in [6.45, 7) is 6.32. The van der Waals surface area contributed by atoms with Crippen molar-refractivity contribution in [3.8, 4) is 0 Å². The van der Waals surface area contributed by atoms with Crippen LogP contribution in [0.5, 0.6) is 0 Å². The standard InChI is InChI=1S/C15H28N2O/c1-4-15(8-5-6-9-15)14(18)17-10-7-13(16-3)12(2)11-17/h12-13,16H,4-11H2,1-3H3. The van der Waals surface area contributed by atoms with Crippen LogP contribution in [0.2, 0.25) is 0 Å². The van der Waals surface area contributed by atoms with Crippen molar-refractivity contribution >= 4 is 5.91 Å². The summed E-state index contributed by atoms with van der Waals surface area (Å²) in [6.07, 6.45) is 6.82. The Hall–Kier alpha value is -0.570. The van der Waals surface area contributed by atoms with Crippen LogP contribution in [0.4, 0.5) is 0 Å². The third-order valence-electron chi connectivity index (χ3n) is 5.25. The van der Waals surface area contributed by atoms with Gasteiger partial charge in [-0.15, -0.1) is 0 Å². The van der Waals surface area contributed by atoms with Gasteiger partial charge in [0.2, 0.25) is 5.91 Å². The summed E-state index contributed by atoms with van der Waals surface area (Å²) >= 11 is 0. The van der Waals surface area contributed by atoms with Crippen LogP contribution in [0.1, 0.15) is 52.4 Å². The molecule has 2 atom stereocenters. The molecule has 3 nitrogen and oxygen atoms in total. The molecule has 2 fully saturated rings. The molecule has 2 unspecified atom stereocenters. The first kappa shape index (κ1) is 13.9. The molecule has 3 heteroatoms. The largest absolute Gasteiger partial charge is 0.342 e. The molecule has 1 heterocycles. The number of hydrogen-bond acceptors (Lipinski definition) is 2. The van der Waals surface area contributed by atoms with Crippen molar-refractivity contribution in [1.29, 1.82) is 0 Å². The molecular weight excluding hydrogens is 224 g/mol. The fraction of sp³-hybridized carbons (Fsp3) is 0.933. The van der Waals surface area contributed by atoms with E-state index in [1.54, 1.807) is 0 Å². The number of carbonyl (C=O) groups excluding carboxylic acids is 1. The normalized spacial score (nSPS) is 31.6. The first-order valence-corrected chi connectivity index (χ1v) is 7.59. The minimum atomic E-state index is -0.00774. The van der Waals surface area contributed by atoms with E-state index in [-0.39, 0.29) is 5.41 Å². The SMILES string of the molecule is CCC1(C(=O)N2CCC(NC)C(C)C2)CCCC1. The minimum absolute atomic E-state index is 0.00774. The van der Waals surface area contributed by atoms with E-state index in [4.69, 9.17) is 0 Å². The Morgan fingerprint density at radius 3 is 2.56 bits per heavy atom. The van der Waals surface area contributed by atoms with Gasteiger partial charge in [-0.05, 0) is 38.6 Å². The predicted molar refractivity (Wildman–Crippen MR) is 74.4 cm³/mol. The van der Waals surface area contributed by atoms with E-state index in [2.05, 4.69) is 24.1 Å². The van der Waals surface area contributed by atoms with Crippen molar-refractivity contribution in [3.05, 3.63) is 0 Å². The quantitative estimate of drug-likeness (QED) is 0.836. The number of nitrogens with zero attached hydrogens (tertiary/aromatic N) is 1. The monoisotopic (exact) mass is 252 g/mol. The Morgan fingerprint density at radius 2 is 2.06 bits per heavy atom. The van der Waals surface area contributed by atoms with Gasteiger partial charge in [0, 0.05) is 24.5 Å². The lowest BCUT2D eigenvalue weighted by Gasteiger charge is -2.41. The van der Waals surface area contributed by atoms with Gasteiger partial charge in [-0.2, -0.15) is 0 Å². The van der Waals surface area contributed by atoms with Gasteiger partial charge in [0.15, 0.2) is 0 Å². The molecule has 1 N–H and O–H groups in total. The van der Waals surface area contributed by atoms with E-state index in [1.807, 2.05) is 7.05 Å². The lowest BCUT2D eigenvalue weighted by atomic mass is 9.80. The summed E-state index contributed by atoms with van der Waals surface area (Å²) in [5.41, 5.74) is -0.00774. The lowest BCUT2D eigenvalue weighted by Crippen LogP contribution is -2.52. The fourth-order valence-electron chi connectivity index (χ4n) is 3.86. The molecule has 0 aromatic heterocycles. The van der Waals surface area contributed by atoms with Crippen molar-refractivity contribution in [1.82, 2.24) is 10.2 Å². The van der Waals surface area contributed by atoms with E-state index in [0.29, 0.717) is 17.9 Å². The predicted octanol–water partition coefficient (Wildman–Crippen LogP) is 2.41. The van der Waals surface area contributed by atoms with Crippen molar-refractivity contribution < 1.29 is 4.79 Å².